The molecule has 2 aromatic carbocycles. The Labute approximate surface area is 161 Å². The Morgan fingerprint density at radius 3 is 2.22 bits per heavy atom. The number of nitrogens with one attached hydrogen (secondary N) is 1. The summed E-state index contributed by atoms with van der Waals surface area (Å²) in [5.74, 6) is 0.572. The maximum absolute atomic E-state index is 13.1. The lowest BCUT2D eigenvalue weighted by atomic mass is 10.1. The van der Waals surface area contributed by atoms with E-state index in [9.17, 15) is 9.59 Å². The minimum Gasteiger partial charge on any atom is -0.497 e. The lowest BCUT2D eigenvalue weighted by Crippen LogP contribution is -2.49. The van der Waals surface area contributed by atoms with E-state index in [1.165, 1.54) is 0 Å². The number of nitrogens with zero attached hydrogens (tertiary/aromatic N) is 1. The largest absolute Gasteiger partial charge is 0.497 e. The second-order valence-electron chi connectivity index (χ2n) is 6.35. The van der Waals surface area contributed by atoms with E-state index < -0.39 is 6.04 Å². The van der Waals surface area contributed by atoms with Gasteiger partial charge in [-0.3, -0.25) is 9.59 Å². The number of carbonyl (C=O) groups excluding carboxylic acids is 2. The van der Waals surface area contributed by atoms with E-state index in [1.54, 1.807) is 12.0 Å². The second-order valence-corrected chi connectivity index (χ2v) is 6.35. The van der Waals surface area contributed by atoms with Crippen LogP contribution in [0.5, 0.6) is 5.75 Å². The van der Waals surface area contributed by atoms with Crippen molar-refractivity contribution in [3.63, 3.8) is 0 Å². The molecule has 0 aliphatic heterocycles. The van der Waals surface area contributed by atoms with Crippen molar-refractivity contribution < 1.29 is 14.3 Å². The van der Waals surface area contributed by atoms with Crippen LogP contribution in [0.1, 0.15) is 31.4 Å². The molecule has 0 radical (unpaired) electrons. The predicted molar refractivity (Wildman–Crippen MR) is 106 cm³/mol. The van der Waals surface area contributed by atoms with Crippen LogP contribution < -0.4 is 10.1 Å². The van der Waals surface area contributed by atoms with Crippen LogP contribution in [0.25, 0.3) is 0 Å². The molecule has 0 bridgehead atoms. The summed E-state index contributed by atoms with van der Waals surface area (Å²) >= 11 is 0. The molecule has 0 aromatic heterocycles. The van der Waals surface area contributed by atoms with Crippen molar-refractivity contribution in [2.45, 2.75) is 39.3 Å². The molecule has 27 heavy (non-hydrogen) atoms. The van der Waals surface area contributed by atoms with Crippen molar-refractivity contribution in [1.82, 2.24) is 10.2 Å². The molecule has 0 saturated heterocycles. The molecule has 0 spiro atoms. The number of hydrogen-bond acceptors (Lipinski definition) is 3. The Balaban J connectivity index is 2.22. The molecule has 5 heteroatoms. The van der Waals surface area contributed by atoms with Crippen LogP contribution in [0.4, 0.5) is 0 Å². The van der Waals surface area contributed by atoms with Crippen molar-refractivity contribution >= 4 is 11.8 Å². The highest BCUT2D eigenvalue weighted by Crippen LogP contribution is 2.16. The SMILES string of the molecule is CCNC(=O)[C@H](CC)N(Cc1ccccc1)C(=O)Cc1ccc(OC)cc1. The van der Waals surface area contributed by atoms with E-state index in [0.29, 0.717) is 19.5 Å². The molecule has 144 valence electrons. The van der Waals surface area contributed by atoms with E-state index >= 15 is 0 Å². The maximum Gasteiger partial charge on any atom is 0.242 e. The fourth-order valence-corrected chi connectivity index (χ4v) is 3.01. The molecule has 0 fully saturated rings. The predicted octanol–water partition coefficient (Wildman–Crippen LogP) is 3.18. The summed E-state index contributed by atoms with van der Waals surface area (Å²) in [6.07, 6.45) is 0.805. The molecule has 5 nitrogen and oxygen atoms in total. The van der Waals surface area contributed by atoms with Crippen molar-refractivity contribution in [2.75, 3.05) is 13.7 Å². The zero-order valence-electron chi connectivity index (χ0n) is 16.3. The second kappa shape index (κ2) is 10.4. The average molecular weight is 368 g/mol. The van der Waals surface area contributed by atoms with Gasteiger partial charge in [0.15, 0.2) is 0 Å². The number of benzene rings is 2. The lowest BCUT2D eigenvalue weighted by Gasteiger charge is -2.30. The third-order valence-corrected chi connectivity index (χ3v) is 4.45. The summed E-state index contributed by atoms with van der Waals surface area (Å²) in [4.78, 5) is 27.3. The fourth-order valence-electron chi connectivity index (χ4n) is 3.01. The Hall–Kier alpha value is -2.82. The van der Waals surface area contributed by atoms with Crippen LogP contribution in [0.3, 0.4) is 0 Å². The third kappa shape index (κ3) is 5.84. The van der Waals surface area contributed by atoms with Gasteiger partial charge in [0, 0.05) is 13.1 Å². The van der Waals surface area contributed by atoms with Gasteiger partial charge in [0.1, 0.15) is 11.8 Å². The maximum atomic E-state index is 13.1. The number of rotatable bonds is 9. The van der Waals surface area contributed by atoms with Crippen LogP contribution in [0.2, 0.25) is 0 Å². The van der Waals surface area contributed by atoms with Gasteiger partial charge in [0.25, 0.3) is 0 Å². The molecule has 0 aliphatic carbocycles. The fraction of sp³-hybridized carbons (Fsp3) is 0.364. The van der Waals surface area contributed by atoms with Gasteiger partial charge in [-0.05, 0) is 36.6 Å². The van der Waals surface area contributed by atoms with Crippen molar-refractivity contribution in [3.05, 3.63) is 65.7 Å². The monoisotopic (exact) mass is 368 g/mol. The van der Waals surface area contributed by atoms with E-state index in [0.717, 1.165) is 16.9 Å². The number of hydrogen-bond donors (Lipinski definition) is 1. The standard InChI is InChI=1S/C22H28N2O3/c1-4-20(22(26)23-5-2)24(16-18-9-7-6-8-10-18)21(25)15-17-11-13-19(27-3)14-12-17/h6-14,20H,4-5,15-16H2,1-3H3,(H,23,26)/t20-/m0/s1. The Morgan fingerprint density at radius 1 is 1.00 bits per heavy atom. The molecule has 0 unspecified atom stereocenters. The van der Waals surface area contributed by atoms with E-state index in [4.69, 9.17) is 4.74 Å². The van der Waals surface area contributed by atoms with Crippen molar-refractivity contribution in [3.8, 4) is 5.75 Å². The Kier molecular flexibility index (Phi) is 7.86. The van der Waals surface area contributed by atoms with Gasteiger partial charge < -0.3 is 15.0 Å². The Morgan fingerprint density at radius 2 is 1.67 bits per heavy atom. The smallest absolute Gasteiger partial charge is 0.242 e. The van der Waals surface area contributed by atoms with E-state index in [-0.39, 0.29) is 18.2 Å². The highest BCUT2D eigenvalue weighted by atomic mass is 16.5. The number of amides is 2. The van der Waals surface area contributed by atoms with Crippen LogP contribution in [0, 0.1) is 0 Å². The summed E-state index contributed by atoms with van der Waals surface area (Å²) in [5, 5.41) is 2.85. The van der Waals surface area contributed by atoms with Gasteiger partial charge in [-0.1, -0.05) is 49.4 Å². The first-order chi connectivity index (χ1) is 13.1. The molecule has 0 heterocycles. The summed E-state index contributed by atoms with van der Waals surface area (Å²) in [6, 6.07) is 16.7. The number of carbonyl (C=O) groups is 2. The Bertz CT molecular complexity index is 729. The summed E-state index contributed by atoms with van der Waals surface area (Å²) < 4.78 is 5.17. The average Bonchev–Trinajstić information content (AvgIpc) is 2.69. The zero-order valence-corrected chi connectivity index (χ0v) is 16.3. The van der Waals surface area contributed by atoms with E-state index in [1.807, 2.05) is 68.4 Å². The zero-order chi connectivity index (χ0) is 19.6. The van der Waals surface area contributed by atoms with Gasteiger partial charge in [0.05, 0.1) is 13.5 Å². The first-order valence-corrected chi connectivity index (χ1v) is 9.33. The first kappa shape index (κ1) is 20.5. The molecule has 2 aromatic rings. The molecular weight excluding hydrogens is 340 g/mol. The lowest BCUT2D eigenvalue weighted by molar-refractivity contribution is -0.140. The van der Waals surface area contributed by atoms with E-state index in [2.05, 4.69) is 5.32 Å². The topological polar surface area (TPSA) is 58.6 Å². The summed E-state index contributed by atoms with van der Waals surface area (Å²) in [6.45, 7) is 4.76. The number of ether oxygens (including phenoxy) is 1. The van der Waals surface area contributed by atoms with Crippen molar-refractivity contribution in [1.29, 1.82) is 0 Å². The molecule has 2 amide bonds. The van der Waals surface area contributed by atoms with Gasteiger partial charge in [-0.2, -0.15) is 0 Å². The highest BCUT2D eigenvalue weighted by Gasteiger charge is 2.28. The molecule has 1 N–H and O–H groups in total. The number of likely N-dealkylation sites (N-methyl/N-ethyl adjacent to an activating group) is 1. The molecule has 2 rings (SSSR count). The minimum absolute atomic E-state index is 0.0675. The third-order valence-electron chi connectivity index (χ3n) is 4.45. The highest BCUT2D eigenvalue weighted by molar-refractivity contribution is 5.88. The van der Waals surface area contributed by atoms with Crippen LogP contribution in [-0.4, -0.2) is 36.4 Å². The first-order valence-electron chi connectivity index (χ1n) is 9.33. The van der Waals surface area contributed by atoms with Crippen LogP contribution in [0.15, 0.2) is 54.6 Å². The van der Waals surface area contributed by atoms with Crippen LogP contribution >= 0.6 is 0 Å². The quantitative estimate of drug-likeness (QED) is 0.740. The van der Waals surface area contributed by atoms with Gasteiger partial charge in [-0.25, -0.2) is 0 Å². The molecule has 0 aliphatic rings. The van der Waals surface area contributed by atoms with Gasteiger partial charge in [0.2, 0.25) is 11.8 Å². The summed E-state index contributed by atoms with van der Waals surface area (Å²) in [7, 11) is 1.61. The molecular formula is C22H28N2O3. The molecule has 1 atom stereocenters. The minimum atomic E-state index is -0.490. The van der Waals surface area contributed by atoms with Gasteiger partial charge in [-0.15, -0.1) is 0 Å². The summed E-state index contributed by atoms with van der Waals surface area (Å²) in [5.41, 5.74) is 1.90. The number of methoxy groups -OCH3 is 1. The normalized spacial score (nSPS) is 11.5. The van der Waals surface area contributed by atoms with Gasteiger partial charge >= 0.3 is 0 Å². The van der Waals surface area contributed by atoms with Crippen LogP contribution in [-0.2, 0) is 22.6 Å². The molecule has 0 saturated carbocycles. The van der Waals surface area contributed by atoms with Crippen molar-refractivity contribution in [2.24, 2.45) is 0 Å².